The van der Waals surface area contributed by atoms with Gasteiger partial charge in [0.05, 0.1) is 0 Å². The molecular formula is C13H21N3O. The highest BCUT2D eigenvalue weighted by Gasteiger charge is 2.19. The molecule has 1 atom stereocenters. The first kappa shape index (κ1) is 12.2. The predicted octanol–water partition coefficient (Wildman–Crippen LogP) is 1.99. The van der Waals surface area contributed by atoms with E-state index in [1.807, 2.05) is 19.2 Å². The van der Waals surface area contributed by atoms with E-state index in [0.29, 0.717) is 6.04 Å². The maximum Gasteiger partial charge on any atom is 0.129 e. The summed E-state index contributed by atoms with van der Waals surface area (Å²) in [6.07, 6.45) is 5.63. The Bertz CT molecular complexity index is 356. The highest BCUT2D eigenvalue weighted by Crippen LogP contribution is 2.18. The first-order valence-electron chi connectivity index (χ1n) is 6.26. The van der Waals surface area contributed by atoms with Crippen LogP contribution in [0.2, 0.25) is 0 Å². The fourth-order valence-electron chi connectivity index (χ4n) is 2.18. The van der Waals surface area contributed by atoms with Gasteiger partial charge < -0.3 is 15.0 Å². The van der Waals surface area contributed by atoms with Crippen LogP contribution in [0.3, 0.4) is 0 Å². The summed E-state index contributed by atoms with van der Waals surface area (Å²) in [5.41, 5.74) is 0. The van der Waals surface area contributed by atoms with Gasteiger partial charge in [0.1, 0.15) is 18.2 Å². The molecule has 0 saturated carbocycles. The van der Waals surface area contributed by atoms with Gasteiger partial charge in [-0.25, -0.2) is 4.98 Å². The number of nitrogens with zero attached hydrogens (tertiary/aromatic N) is 2. The minimum atomic E-state index is 0.551. The average Bonchev–Trinajstić information content (AvgIpc) is 2.38. The SMILES string of the molecule is CNc1cc(OCC2CCCCN2C)ccn1. The van der Waals surface area contributed by atoms with E-state index in [1.54, 1.807) is 6.20 Å². The molecule has 2 rings (SSSR count). The van der Waals surface area contributed by atoms with Crippen molar-refractivity contribution in [1.82, 2.24) is 9.88 Å². The standard InChI is InChI=1S/C13H21N3O/c1-14-13-9-12(6-7-15-13)17-10-11-5-3-4-8-16(11)2/h6-7,9,11H,3-5,8,10H2,1-2H3,(H,14,15). The highest BCUT2D eigenvalue weighted by molar-refractivity contribution is 5.39. The molecule has 0 amide bonds. The molecule has 0 bridgehead atoms. The molecule has 94 valence electrons. The Morgan fingerprint density at radius 2 is 2.41 bits per heavy atom. The smallest absolute Gasteiger partial charge is 0.129 e. The molecule has 4 heteroatoms. The molecule has 1 fully saturated rings. The van der Waals surface area contributed by atoms with Gasteiger partial charge >= 0.3 is 0 Å². The molecule has 1 unspecified atom stereocenters. The molecule has 2 heterocycles. The topological polar surface area (TPSA) is 37.4 Å². The lowest BCUT2D eigenvalue weighted by molar-refractivity contribution is 0.125. The first-order valence-corrected chi connectivity index (χ1v) is 6.26. The summed E-state index contributed by atoms with van der Waals surface area (Å²) in [5.74, 6) is 1.74. The van der Waals surface area contributed by atoms with Crippen LogP contribution in [0, 0.1) is 0 Å². The Morgan fingerprint density at radius 3 is 3.18 bits per heavy atom. The van der Waals surface area contributed by atoms with Gasteiger partial charge in [0.25, 0.3) is 0 Å². The zero-order valence-corrected chi connectivity index (χ0v) is 10.6. The van der Waals surface area contributed by atoms with Gasteiger partial charge in [-0.05, 0) is 32.5 Å². The van der Waals surface area contributed by atoms with Crippen LogP contribution >= 0.6 is 0 Å². The fraction of sp³-hybridized carbons (Fsp3) is 0.615. The number of aromatic nitrogens is 1. The summed E-state index contributed by atoms with van der Waals surface area (Å²) in [7, 11) is 4.04. The maximum absolute atomic E-state index is 5.84. The van der Waals surface area contributed by atoms with Crippen molar-refractivity contribution in [1.29, 1.82) is 0 Å². The number of likely N-dealkylation sites (tertiary alicyclic amines) is 1. The van der Waals surface area contributed by atoms with Gasteiger partial charge in [0.2, 0.25) is 0 Å². The quantitative estimate of drug-likeness (QED) is 0.866. The maximum atomic E-state index is 5.84. The minimum absolute atomic E-state index is 0.551. The Labute approximate surface area is 103 Å². The summed E-state index contributed by atoms with van der Waals surface area (Å²) in [5, 5.41) is 3.01. The fourth-order valence-corrected chi connectivity index (χ4v) is 2.18. The Balaban J connectivity index is 1.88. The van der Waals surface area contributed by atoms with E-state index in [0.717, 1.165) is 18.2 Å². The molecule has 1 N–H and O–H groups in total. The Kier molecular flexibility index (Phi) is 4.20. The van der Waals surface area contributed by atoms with Crippen molar-refractivity contribution in [3.05, 3.63) is 18.3 Å². The summed E-state index contributed by atoms with van der Waals surface area (Å²) < 4.78 is 5.84. The molecule has 4 nitrogen and oxygen atoms in total. The number of likely N-dealkylation sites (N-methyl/N-ethyl adjacent to an activating group) is 1. The molecule has 0 aliphatic carbocycles. The Hall–Kier alpha value is -1.29. The van der Waals surface area contributed by atoms with Crippen molar-refractivity contribution in [2.75, 3.05) is 32.6 Å². The van der Waals surface area contributed by atoms with E-state index in [1.165, 1.54) is 25.8 Å². The van der Waals surface area contributed by atoms with Crippen LogP contribution in [-0.2, 0) is 0 Å². The monoisotopic (exact) mass is 235 g/mol. The second-order valence-electron chi connectivity index (χ2n) is 4.57. The number of pyridine rings is 1. The lowest BCUT2D eigenvalue weighted by Gasteiger charge is -2.32. The van der Waals surface area contributed by atoms with Crippen LogP contribution in [0.5, 0.6) is 5.75 Å². The van der Waals surface area contributed by atoms with Crippen molar-refractivity contribution < 1.29 is 4.74 Å². The number of hydrogen-bond acceptors (Lipinski definition) is 4. The van der Waals surface area contributed by atoms with E-state index in [-0.39, 0.29) is 0 Å². The van der Waals surface area contributed by atoms with Gasteiger partial charge in [0, 0.05) is 25.4 Å². The van der Waals surface area contributed by atoms with Crippen molar-refractivity contribution in [2.24, 2.45) is 0 Å². The summed E-state index contributed by atoms with van der Waals surface area (Å²) in [6, 6.07) is 4.39. The van der Waals surface area contributed by atoms with Crippen molar-refractivity contribution in [2.45, 2.75) is 25.3 Å². The number of rotatable bonds is 4. The summed E-state index contributed by atoms with van der Waals surface area (Å²) in [6.45, 7) is 1.95. The third-order valence-corrected chi connectivity index (χ3v) is 3.35. The number of piperidine rings is 1. The van der Waals surface area contributed by atoms with E-state index in [9.17, 15) is 0 Å². The molecule has 0 spiro atoms. The van der Waals surface area contributed by atoms with E-state index in [2.05, 4.69) is 22.2 Å². The second-order valence-corrected chi connectivity index (χ2v) is 4.57. The van der Waals surface area contributed by atoms with Crippen molar-refractivity contribution >= 4 is 5.82 Å². The van der Waals surface area contributed by atoms with Crippen molar-refractivity contribution in [3.8, 4) is 5.75 Å². The molecule has 1 aliphatic heterocycles. The van der Waals surface area contributed by atoms with Crippen LogP contribution in [0.15, 0.2) is 18.3 Å². The molecule has 0 radical (unpaired) electrons. The van der Waals surface area contributed by atoms with Crippen LogP contribution in [-0.4, -0.2) is 43.2 Å². The lowest BCUT2D eigenvalue weighted by Crippen LogP contribution is -2.40. The van der Waals surface area contributed by atoms with Crippen LogP contribution in [0.4, 0.5) is 5.82 Å². The van der Waals surface area contributed by atoms with Gasteiger partial charge in [-0.15, -0.1) is 0 Å². The summed E-state index contributed by atoms with van der Waals surface area (Å²) >= 11 is 0. The number of nitrogens with one attached hydrogen (secondary N) is 1. The van der Waals surface area contributed by atoms with E-state index < -0.39 is 0 Å². The molecule has 0 aromatic carbocycles. The first-order chi connectivity index (χ1) is 8.29. The number of anilines is 1. The van der Waals surface area contributed by atoms with Gasteiger partial charge in [-0.2, -0.15) is 0 Å². The van der Waals surface area contributed by atoms with Gasteiger partial charge in [0.15, 0.2) is 0 Å². The second kappa shape index (κ2) is 5.87. The predicted molar refractivity (Wildman–Crippen MR) is 69.5 cm³/mol. The van der Waals surface area contributed by atoms with Crippen LogP contribution < -0.4 is 10.1 Å². The van der Waals surface area contributed by atoms with Crippen LogP contribution in [0.25, 0.3) is 0 Å². The van der Waals surface area contributed by atoms with E-state index >= 15 is 0 Å². The molecule has 1 saturated heterocycles. The van der Waals surface area contributed by atoms with Gasteiger partial charge in [-0.1, -0.05) is 6.42 Å². The third-order valence-electron chi connectivity index (χ3n) is 3.35. The zero-order chi connectivity index (χ0) is 12.1. The summed E-state index contributed by atoms with van der Waals surface area (Å²) in [4.78, 5) is 6.56. The number of hydrogen-bond donors (Lipinski definition) is 1. The van der Waals surface area contributed by atoms with Crippen molar-refractivity contribution in [3.63, 3.8) is 0 Å². The lowest BCUT2D eigenvalue weighted by atomic mass is 10.0. The molecule has 17 heavy (non-hydrogen) atoms. The zero-order valence-electron chi connectivity index (χ0n) is 10.6. The normalized spacial score (nSPS) is 21.2. The molecule has 1 aromatic rings. The molecule has 1 aromatic heterocycles. The molecular weight excluding hydrogens is 214 g/mol. The minimum Gasteiger partial charge on any atom is -0.492 e. The average molecular weight is 235 g/mol. The largest absolute Gasteiger partial charge is 0.492 e. The third kappa shape index (κ3) is 3.33. The highest BCUT2D eigenvalue weighted by atomic mass is 16.5. The van der Waals surface area contributed by atoms with E-state index in [4.69, 9.17) is 4.74 Å². The number of ether oxygens (including phenoxy) is 1. The van der Waals surface area contributed by atoms with Gasteiger partial charge in [-0.3, -0.25) is 0 Å². The van der Waals surface area contributed by atoms with Crippen LogP contribution in [0.1, 0.15) is 19.3 Å². The Morgan fingerprint density at radius 1 is 1.53 bits per heavy atom. The molecule has 1 aliphatic rings.